The number of nitrogens with zero attached hydrogens (tertiary/aromatic N) is 1. The molecule has 0 fully saturated rings. The van der Waals surface area contributed by atoms with E-state index in [1.807, 2.05) is 0 Å². The van der Waals surface area contributed by atoms with E-state index in [-0.39, 0.29) is 6.61 Å². The summed E-state index contributed by atoms with van der Waals surface area (Å²) in [7, 11) is 0. The number of anilines is 1. The van der Waals surface area contributed by atoms with Crippen molar-refractivity contribution < 1.29 is 14.6 Å². The number of hydrogen-bond acceptors (Lipinski definition) is 5. The summed E-state index contributed by atoms with van der Waals surface area (Å²) in [4.78, 5) is 14.8. The summed E-state index contributed by atoms with van der Waals surface area (Å²) in [5.41, 5.74) is 5.49. The van der Waals surface area contributed by atoms with Gasteiger partial charge in [-0.05, 0) is 18.6 Å². The fourth-order valence-electron chi connectivity index (χ4n) is 1.20. The van der Waals surface area contributed by atoms with Gasteiger partial charge in [-0.3, -0.25) is 4.79 Å². The van der Waals surface area contributed by atoms with E-state index in [1.54, 1.807) is 12.1 Å². The van der Waals surface area contributed by atoms with Crippen molar-refractivity contribution >= 4 is 11.7 Å². The largest absolute Gasteiger partial charge is 0.394 e. The van der Waals surface area contributed by atoms with Crippen LogP contribution in [-0.2, 0) is 4.74 Å². The summed E-state index contributed by atoms with van der Waals surface area (Å²) >= 11 is 0. The van der Waals surface area contributed by atoms with Crippen molar-refractivity contribution in [1.29, 1.82) is 0 Å². The molecule has 0 spiro atoms. The summed E-state index contributed by atoms with van der Waals surface area (Å²) in [5.74, 6) is 0.207. The Kier molecular flexibility index (Phi) is 5.98. The zero-order chi connectivity index (χ0) is 12.5. The van der Waals surface area contributed by atoms with E-state index in [0.717, 1.165) is 6.42 Å². The molecular formula is C11H17N3O3. The maximum Gasteiger partial charge on any atom is 0.250 e. The maximum atomic E-state index is 10.8. The third-order valence-electron chi connectivity index (χ3n) is 2.06. The Morgan fingerprint density at radius 2 is 2.29 bits per heavy atom. The standard InChI is InChI=1S/C11H17N3O3/c12-11(16)9-2-3-10(14-8-9)13-4-1-6-17-7-5-15/h2-3,8,15H,1,4-7H2,(H2,12,16)(H,13,14). The molecule has 1 aromatic heterocycles. The number of primary amides is 1. The number of aliphatic hydroxyl groups excluding tert-OH is 1. The van der Waals surface area contributed by atoms with Crippen molar-refractivity contribution in [2.24, 2.45) is 5.73 Å². The van der Waals surface area contributed by atoms with Crippen LogP contribution in [0.3, 0.4) is 0 Å². The lowest BCUT2D eigenvalue weighted by atomic mass is 10.3. The van der Waals surface area contributed by atoms with Crippen molar-refractivity contribution in [2.45, 2.75) is 6.42 Å². The van der Waals surface area contributed by atoms with Crippen LogP contribution in [-0.4, -0.2) is 42.4 Å². The van der Waals surface area contributed by atoms with Crippen molar-refractivity contribution in [3.05, 3.63) is 23.9 Å². The van der Waals surface area contributed by atoms with Gasteiger partial charge in [-0.25, -0.2) is 4.98 Å². The summed E-state index contributed by atoms with van der Waals surface area (Å²) in [6.07, 6.45) is 2.26. The highest BCUT2D eigenvalue weighted by Crippen LogP contribution is 2.04. The van der Waals surface area contributed by atoms with Crippen LogP contribution in [0.1, 0.15) is 16.8 Å². The maximum absolute atomic E-state index is 10.8. The average molecular weight is 239 g/mol. The Bertz CT molecular complexity index is 340. The van der Waals surface area contributed by atoms with Crippen LogP contribution in [0.4, 0.5) is 5.82 Å². The summed E-state index contributed by atoms with van der Waals surface area (Å²) in [6.45, 7) is 1.72. The number of carbonyl (C=O) groups is 1. The third kappa shape index (κ3) is 5.28. The predicted molar refractivity (Wildman–Crippen MR) is 63.8 cm³/mol. The molecule has 0 radical (unpaired) electrons. The second-order valence-electron chi connectivity index (χ2n) is 3.41. The molecule has 0 saturated heterocycles. The van der Waals surface area contributed by atoms with Crippen LogP contribution >= 0.6 is 0 Å². The average Bonchev–Trinajstić information content (AvgIpc) is 2.34. The summed E-state index contributed by atoms with van der Waals surface area (Å²) in [5, 5.41) is 11.6. The van der Waals surface area contributed by atoms with Gasteiger partial charge in [0.15, 0.2) is 0 Å². The second-order valence-corrected chi connectivity index (χ2v) is 3.41. The van der Waals surface area contributed by atoms with E-state index in [0.29, 0.717) is 31.1 Å². The predicted octanol–water partition coefficient (Wildman–Crippen LogP) is -0.00860. The lowest BCUT2D eigenvalue weighted by molar-refractivity contribution is 0.0922. The topological polar surface area (TPSA) is 97.5 Å². The quantitative estimate of drug-likeness (QED) is 0.554. The van der Waals surface area contributed by atoms with Crippen LogP contribution < -0.4 is 11.1 Å². The van der Waals surface area contributed by atoms with Gasteiger partial charge >= 0.3 is 0 Å². The van der Waals surface area contributed by atoms with Gasteiger partial charge in [-0.2, -0.15) is 0 Å². The number of carbonyl (C=O) groups excluding carboxylic acids is 1. The Hall–Kier alpha value is -1.66. The smallest absolute Gasteiger partial charge is 0.250 e. The van der Waals surface area contributed by atoms with Gasteiger partial charge in [-0.15, -0.1) is 0 Å². The molecule has 17 heavy (non-hydrogen) atoms. The molecule has 0 aliphatic heterocycles. The van der Waals surface area contributed by atoms with Gasteiger partial charge in [-0.1, -0.05) is 0 Å². The molecule has 0 saturated carbocycles. The molecule has 1 rings (SSSR count). The SMILES string of the molecule is NC(=O)c1ccc(NCCCOCCO)nc1. The zero-order valence-corrected chi connectivity index (χ0v) is 9.56. The van der Waals surface area contributed by atoms with Crippen molar-refractivity contribution in [3.63, 3.8) is 0 Å². The Morgan fingerprint density at radius 3 is 2.88 bits per heavy atom. The minimum absolute atomic E-state index is 0.0452. The molecule has 1 amide bonds. The number of nitrogens with two attached hydrogens (primary N) is 1. The molecule has 6 heteroatoms. The van der Waals surface area contributed by atoms with Crippen LogP contribution in [0.25, 0.3) is 0 Å². The Labute approximate surface area is 99.8 Å². The van der Waals surface area contributed by atoms with Gasteiger partial charge in [0, 0.05) is 19.3 Å². The monoisotopic (exact) mass is 239 g/mol. The molecule has 0 atom stereocenters. The van der Waals surface area contributed by atoms with E-state index >= 15 is 0 Å². The lowest BCUT2D eigenvalue weighted by Gasteiger charge is -2.06. The number of aliphatic hydroxyl groups is 1. The fraction of sp³-hybridized carbons (Fsp3) is 0.455. The van der Waals surface area contributed by atoms with Crippen LogP contribution in [0.2, 0.25) is 0 Å². The summed E-state index contributed by atoms with van der Waals surface area (Å²) in [6, 6.07) is 3.33. The van der Waals surface area contributed by atoms with Crippen LogP contribution in [0.5, 0.6) is 0 Å². The van der Waals surface area contributed by atoms with Gasteiger partial charge in [0.1, 0.15) is 5.82 Å². The first-order valence-electron chi connectivity index (χ1n) is 5.42. The Balaban J connectivity index is 2.21. The fourth-order valence-corrected chi connectivity index (χ4v) is 1.20. The number of hydrogen-bond donors (Lipinski definition) is 3. The number of ether oxygens (including phenoxy) is 1. The zero-order valence-electron chi connectivity index (χ0n) is 9.56. The number of amides is 1. The first-order chi connectivity index (χ1) is 8.24. The highest BCUT2D eigenvalue weighted by molar-refractivity contribution is 5.92. The molecule has 0 aromatic carbocycles. The lowest BCUT2D eigenvalue weighted by Crippen LogP contribution is -2.12. The molecule has 0 bridgehead atoms. The molecule has 1 heterocycles. The minimum Gasteiger partial charge on any atom is -0.394 e. The molecule has 0 aliphatic rings. The van der Waals surface area contributed by atoms with E-state index in [9.17, 15) is 4.79 Å². The summed E-state index contributed by atoms with van der Waals surface area (Å²) < 4.78 is 5.10. The Morgan fingerprint density at radius 1 is 1.47 bits per heavy atom. The number of pyridine rings is 1. The van der Waals surface area contributed by atoms with E-state index in [4.69, 9.17) is 15.6 Å². The van der Waals surface area contributed by atoms with E-state index < -0.39 is 5.91 Å². The number of nitrogens with one attached hydrogen (secondary N) is 1. The number of aromatic nitrogens is 1. The molecular weight excluding hydrogens is 222 g/mol. The first-order valence-corrected chi connectivity index (χ1v) is 5.42. The van der Waals surface area contributed by atoms with E-state index in [1.165, 1.54) is 6.20 Å². The highest BCUT2D eigenvalue weighted by atomic mass is 16.5. The molecule has 94 valence electrons. The van der Waals surface area contributed by atoms with Crippen molar-refractivity contribution in [3.8, 4) is 0 Å². The van der Waals surface area contributed by atoms with Gasteiger partial charge in [0.2, 0.25) is 5.91 Å². The second kappa shape index (κ2) is 7.59. The van der Waals surface area contributed by atoms with Crippen molar-refractivity contribution in [1.82, 2.24) is 4.98 Å². The molecule has 0 unspecified atom stereocenters. The molecule has 4 N–H and O–H groups in total. The first kappa shape index (κ1) is 13.4. The normalized spacial score (nSPS) is 10.2. The minimum atomic E-state index is -0.485. The molecule has 1 aromatic rings. The van der Waals surface area contributed by atoms with E-state index in [2.05, 4.69) is 10.3 Å². The molecule has 0 aliphatic carbocycles. The number of rotatable bonds is 8. The third-order valence-corrected chi connectivity index (χ3v) is 2.06. The molecule has 6 nitrogen and oxygen atoms in total. The van der Waals surface area contributed by atoms with Crippen LogP contribution in [0.15, 0.2) is 18.3 Å². The van der Waals surface area contributed by atoms with Gasteiger partial charge in [0.25, 0.3) is 0 Å². The van der Waals surface area contributed by atoms with Crippen molar-refractivity contribution in [2.75, 3.05) is 31.7 Å². The highest BCUT2D eigenvalue weighted by Gasteiger charge is 2.00. The van der Waals surface area contributed by atoms with Gasteiger partial charge in [0.05, 0.1) is 18.8 Å². The van der Waals surface area contributed by atoms with Crippen LogP contribution in [0, 0.1) is 0 Å². The van der Waals surface area contributed by atoms with Gasteiger partial charge < -0.3 is 20.9 Å².